The Morgan fingerprint density at radius 3 is 2.41 bits per heavy atom. The highest BCUT2D eigenvalue weighted by atomic mass is 79.9. The topological polar surface area (TPSA) is 44.8 Å². The van der Waals surface area contributed by atoms with Gasteiger partial charge in [0.15, 0.2) is 0 Å². The number of halogens is 1. The van der Waals surface area contributed by atoms with Crippen molar-refractivity contribution >= 4 is 21.9 Å². The van der Waals surface area contributed by atoms with E-state index >= 15 is 0 Å². The van der Waals surface area contributed by atoms with E-state index in [0.29, 0.717) is 24.4 Å². The molecule has 154 valence electrons. The number of methoxy groups -OCH3 is 1. The van der Waals surface area contributed by atoms with Gasteiger partial charge in [0.25, 0.3) is 0 Å². The van der Waals surface area contributed by atoms with Crippen molar-refractivity contribution in [3.05, 3.63) is 58.6 Å². The molecule has 1 saturated carbocycles. The van der Waals surface area contributed by atoms with Crippen LogP contribution in [0.1, 0.15) is 37.7 Å². The number of ether oxygens (including phenoxy) is 3. The molecule has 0 amide bonds. The minimum absolute atomic E-state index is 0.00270. The quantitative estimate of drug-likeness (QED) is 0.547. The lowest BCUT2D eigenvalue weighted by Crippen LogP contribution is -2.46. The Bertz CT molecular complexity index is 833. The highest BCUT2D eigenvalue weighted by Crippen LogP contribution is 2.49. The maximum absolute atomic E-state index is 12.8. The molecular weight excluding hydrogens is 432 g/mol. The number of rotatable bonds is 5. The van der Waals surface area contributed by atoms with Crippen LogP contribution < -0.4 is 9.47 Å². The Balaban J connectivity index is 1.48. The number of cyclic esters (lactones) is 1. The molecule has 2 aromatic carbocycles. The molecule has 0 radical (unpaired) electrons. The first-order chi connectivity index (χ1) is 14.0. The molecule has 1 heterocycles. The number of carbonyl (C=O) groups excluding carboxylic acids is 1. The second-order valence-corrected chi connectivity index (χ2v) is 9.10. The summed E-state index contributed by atoms with van der Waals surface area (Å²) in [5.41, 5.74) is 1.32. The number of hydrogen-bond donors (Lipinski definition) is 0. The molecule has 0 N–H and O–H groups in total. The van der Waals surface area contributed by atoms with Crippen LogP contribution in [-0.4, -0.2) is 25.8 Å². The summed E-state index contributed by atoms with van der Waals surface area (Å²) in [6.45, 7) is 2.69. The van der Waals surface area contributed by atoms with E-state index < -0.39 is 0 Å². The molecule has 5 heteroatoms. The van der Waals surface area contributed by atoms with Crippen molar-refractivity contribution in [2.45, 2.75) is 38.2 Å². The zero-order valence-electron chi connectivity index (χ0n) is 16.8. The third-order valence-electron chi connectivity index (χ3n) is 6.40. The summed E-state index contributed by atoms with van der Waals surface area (Å²) in [5, 5.41) is 0. The molecule has 0 bridgehead atoms. The average molecular weight is 459 g/mol. The van der Waals surface area contributed by atoms with Crippen LogP contribution in [0.4, 0.5) is 0 Å². The SMILES string of the molecule is COc1ccc(OC[C@@H]2CC3[C@@H](c4ccc(Br)cc4)[C@H](C)CC[C@H]3C(=O)O2)cc1. The molecule has 1 aliphatic carbocycles. The van der Waals surface area contributed by atoms with Gasteiger partial charge in [-0.25, -0.2) is 0 Å². The zero-order valence-corrected chi connectivity index (χ0v) is 18.4. The van der Waals surface area contributed by atoms with Crippen LogP contribution in [0.3, 0.4) is 0 Å². The highest BCUT2D eigenvalue weighted by molar-refractivity contribution is 9.10. The van der Waals surface area contributed by atoms with Crippen LogP contribution in [0.25, 0.3) is 0 Å². The van der Waals surface area contributed by atoms with Gasteiger partial charge in [0.1, 0.15) is 24.2 Å². The molecule has 1 saturated heterocycles. The minimum atomic E-state index is -0.214. The number of benzene rings is 2. The van der Waals surface area contributed by atoms with E-state index in [1.54, 1.807) is 7.11 Å². The minimum Gasteiger partial charge on any atom is -0.497 e. The Labute approximate surface area is 180 Å². The molecule has 2 aromatic rings. The third kappa shape index (κ3) is 4.45. The normalized spacial score (nSPS) is 28.9. The van der Waals surface area contributed by atoms with Crippen molar-refractivity contribution in [3.63, 3.8) is 0 Å². The van der Waals surface area contributed by atoms with Gasteiger partial charge in [-0.1, -0.05) is 35.0 Å². The van der Waals surface area contributed by atoms with Crippen molar-refractivity contribution in [2.24, 2.45) is 17.8 Å². The number of hydrogen-bond acceptors (Lipinski definition) is 4. The number of esters is 1. The first kappa shape index (κ1) is 20.3. The van der Waals surface area contributed by atoms with Crippen LogP contribution in [0, 0.1) is 17.8 Å². The maximum Gasteiger partial charge on any atom is 0.309 e. The molecule has 2 fully saturated rings. The summed E-state index contributed by atoms with van der Waals surface area (Å²) in [4.78, 5) is 12.8. The van der Waals surface area contributed by atoms with Gasteiger partial charge in [0, 0.05) is 4.47 Å². The van der Waals surface area contributed by atoms with Crippen LogP contribution in [0.15, 0.2) is 53.0 Å². The second kappa shape index (κ2) is 8.78. The van der Waals surface area contributed by atoms with Crippen molar-refractivity contribution in [2.75, 3.05) is 13.7 Å². The molecule has 1 unspecified atom stereocenters. The third-order valence-corrected chi connectivity index (χ3v) is 6.92. The second-order valence-electron chi connectivity index (χ2n) is 8.18. The Hall–Kier alpha value is -2.01. The molecule has 4 nitrogen and oxygen atoms in total. The lowest BCUT2D eigenvalue weighted by molar-refractivity contribution is -0.171. The van der Waals surface area contributed by atoms with Gasteiger partial charge in [-0.2, -0.15) is 0 Å². The molecule has 5 atom stereocenters. The van der Waals surface area contributed by atoms with Gasteiger partial charge in [-0.3, -0.25) is 4.79 Å². The Morgan fingerprint density at radius 2 is 1.72 bits per heavy atom. The molecule has 0 spiro atoms. The van der Waals surface area contributed by atoms with E-state index in [1.165, 1.54) is 5.56 Å². The number of fused-ring (bicyclic) bond motifs is 1. The van der Waals surface area contributed by atoms with Crippen molar-refractivity contribution in [1.29, 1.82) is 0 Å². The fourth-order valence-corrected chi connectivity index (χ4v) is 5.20. The lowest BCUT2D eigenvalue weighted by Gasteiger charge is -2.45. The fraction of sp³-hybridized carbons (Fsp3) is 0.458. The predicted molar refractivity (Wildman–Crippen MR) is 115 cm³/mol. The fourth-order valence-electron chi connectivity index (χ4n) is 4.94. The maximum atomic E-state index is 12.8. The Kier molecular flexibility index (Phi) is 6.14. The van der Waals surface area contributed by atoms with Crippen LogP contribution in [0.5, 0.6) is 11.5 Å². The largest absolute Gasteiger partial charge is 0.497 e. The van der Waals surface area contributed by atoms with Gasteiger partial charge in [-0.15, -0.1) is 0 Å². The first-order valence-corrected chi connectivity index (χ1v) is 11.1. The molecule has 1 aliphatic heterocycles. The van der Waals surface area contributed by atoms with E-state index in [-0.39, 0.29) is 18.0 Å². The van der Waals surface area contributed by atoms with Gasteiger partial charge < -0.3 is 14.2 Å². The van der Waals surface area contributed by atoms with E-state index in [9.17, 15) is 4.79 Å². The summed E-state index contributed by atoms with van der Waals surface area (Å²) >= 11 is 3.53. The van der Waals surface area contributed by atoms with E-state index in [2.05, 4.69) is 47.1 Å². The summed E-state index contributed by atoms with van der Waals surface area (Å²) in [6, 6.07) is 16.1. The summed E-state index contributed by atoms with van der Waals surface area (Å²) in [7, 11) is 1.64. The van der Waals surface area contributed by atoms with Gasteiger partial charge in [0.2, 0.25) is 0 Å². The van der Waals surface area contributed by atoms with E-state index in [4.69, 9.17) is 14.2 Å². The van der Waals surface area contributed by atoms with E-state index in [1.807, 2.05) is 24.3 Å². The van der Waals surface area contributed by atoms with Crippen molar-refractivity contribution in [1.82, 2.24) is 0 Å². The van der Waals surface area contributed by atoms with Crippen molar-refractivity contribution in [3.8, 4) is 11.5 Å². The van der Waals surface area contributed by atoms with Crippen LogP contribution in [0.2, 0.25) is 0 Å². The molecule has 2 aliphatic rings. The summed E-state index contributed by atoms with van der Waals surface area (Å²) in [5.74, 6) is 2.70. The summed E-state index contributed by atoms with van der Waals surface area (Å²) in [6.07, 6.45) is 2.61. The molecule has 29 heavy (non-hydrogen) atoms. The van der Waals surface area contributed by atoms with Gasteiger partial charge in [0.05, 0.1) is 13.0 Å². The monoisotopic (exact) mass is 458 g/mol. The first-order valence-electron chi connectivity index (χ1n) is 10.3. The van der Waals surface area contributed by atoms with Gasteiger partial charge in [-0.05, 0) is 79.0 Å². The lowest BCUT2D eigenvalue weighted by atomic mass is 9.62. The molecular formula is C24H27BrO4. The van der Waals surface area contributed by atoms with Crippen LogP contribution in [-0.2, 0) is 9.53 Å². The smallest absolute Gasteiger partial charge is 0.309 e. The average Bonchev–Trinajstić information content (AvgIpc) is 2.73. The molecule has 4 rings (SSSR count). The summed E-state index contributed by atoms with van der Waals surface area (Å²) < 4.78 is 17.9. The standard InChI is InChI=1S/C24H27BrO4/c1-15-3-12-21-22(23(15)16-4-6-17(25)7-5-16)13-20(29-24(21)26)14-28-19-10-8-18(27-2)9-11-19/h4-11,15,20-23H,3,12-14H2,1-2H3/t15-,20+,21-,22?,23-/m1/s1. The molecule has 0 aromatic heterocycles. The van der Waals surface area contributed by atoms with E-state index in [0.717, 1.165) is 35.2 Å². The number of carbonyl (C=O) groups is 1. The van der Waals surface area contributed by atoms with Crippen molar-refractivity contribution < 1.29 is 19.0 Å². The Morgan fingerprint density at radius 1 is 1.03 bits per heavy atom. The zero-order chi connectivity index (χ0) is 20.4. The van der Waals surface area contributed by atoms with Crippen LogP contribution >= 0.6 is 15.9 Å². The highest BCUT2D eigenvalue weighted by Gasteiger charge is 2.47. The van der Waals surface area contributed by atoms with Gasteiger partial charge >= 0.3 is 5.97 Å². The predicted octanol–water partition coefficient (Wildman–Crippen LogP) is 5.60.